The van der Waals surface area contributed by atoms with Crippen LogP contribution in [0.1, 0.15) is 15.9 Å². The summed E-state index contributed by atoms with van der Waals surface area (Å²) >= 11 is 0. The molecule has 0 saturated carbocycles. The van der Waals surface area contributed by atoms with Crippen molar-refractivity contribution >= 4 is 33.5 Å². The average Bonchev–Trinajstić information content (AvgIpc) is 3.21. The molecule has 29 heavy (non-hydrogen) atoms. The molecule has 148 valence electrons. The van der Waals surface area contributed by atoms with Crippen LogP contribution < -0.4 is 0 Å². The number of rotatable bonds is 3. The predicted octanol–water partition coefficient (Wildman–Crippen LogP) is 5.23. The molecule has 0 aliphatic carbocycles. The second-order valence-electron chi connectivity index (χ2n) is 6.27. The molecule has 7 nitrogen and oxygen atoms in total. The number of methoxy groups -OCH3 is 1. The van der Waals surface area contributed by atoms with Crippen molar-refractivity contribution < 1.29 is 27.8 Å². The van der Waals surface area contributed by atoms with Gasteiger partial charge in [-0.05, 0) is 29.4 Å². The highest BCUT2D eigenvalue weighted by Crippen LogP contribution is 2.46. The minimum Gasteiger partial charge on any atom is -0.494 e. The topological polar surface area (TPSA) is 108 Å². The van der Waals surface area contributed by atoms with Gasteiger partial charge in [-0.25, -0.2) is 4.79 Å². The number of alkyl halides is 3. The summed E-state index contributed by atoms with van der Waals surface area (Å²) in [5.41, 5.74) is -0.855. The molecule has 0 aliphatic rings. The molecule has 0 amide bonds. The largest absolute Gasteiger partial charge is 0.494 e. The number of hydrogen-bond donors (Lipinski definition) is 3. The zero-order valence-corrected chi connectivity index (χ0v) is 14.7. The summed E-state index contributed by atoms with van der Waals surface area (Å²) in [6.45, 7) is 0. The molecule has 0 saturated heterocycles. The van der Waals surface area contributed by atoms with E-state index in [0.29, 0.717) is 10.9 Å². The fraction of sp³-hybridized carbons (Fsp3) is 0.105. The zero-order valence-electron chi connectivity index (χ0n) is 14.7. The van der Waals surface area contributed by atoms with Gasteiger partial charge in [-0.3, -0.25) is 0 Å². The van der Waals surface area contributed by atoms with E-state index in [4.69, 9.17) is 0 Å². The van der Waals surface area contributed by atoms with Gasteiger partial charge < -0.3 is 19.8 Å². The highest BCUT2D eigenvalue weighted by atomic mass is 19.4. The summed E-state index contributed by atoms with van der Waals surface area (Å²) in [5, 5.41) is 13.7. The first-order chi connectivity index (χ1) is 13.8. The fourth-order valence-electron chi connectivity index (χ4n) is 3.40. The Hall–Kier alpha value is -3.82. The lowest BCUT2D eigenvalue weighted by Gasteiger charge is -2.07. The number of esters is 1. The van der Waals surface area contributed by atoms with E-state index in [0.717, 1.165) is 6.07 Å². The third-order valence-corrected chi connectivity index (χ3v) is 4.65. The number of carbonyl (C=O) groups excluding carboxylic acids is 1. The normalized spacial score (nSPS) is 11.9. The van der Waals surface area contributed by atoms with Crippen LogP contribution in [-0.4, -0.2) is 28.2 Å². The van der Waals surface area contributed by atoms with Crippen LogP contribution in [0.3, 0.4) is 0 Å². The summed E-state index contributed by atoms with van der Waals surface area (Å²) in [7, 11) is 1.22. The van der Waals surface area contributed by atoms with Crippen molar-refractivity contribution in [3.63, 3.8) is 0 Å². The number of aromatic amines is 2. The van der Waals surface area contributed by atoms with E-state index >= 15 is 0 Å². The van der Waals surface area contributed by atoms with E-state index in [2.05, 4.69) is 19.9 Å². The van der Waals surface area contributed by atoms with Gasteiger partial charge in [0.05, 0.1) is 35.0 Å². The molecule has 0 aliphatic heterocycles. The molecule has 2 aromatic heterocycles. The molecule has 10 heteroatoms. The SMILES string of the molecule is COC(=O)c1ccc2c(N=O)c(-c3c(O)[nH]c4c(C(F)(F)F)cccc34)[nH]c2c1. The first-order valence-electron chi connectivity index (χ1n) is 8.25. The van der Waals surface area contributed by atoms with Crippen molar-refractivity contribution in [1.29, 1.82) is 0 Å². The third-order valence-electron chi connectivity index (χ3n) is 4.65. The Bertz CT molecular complexity index is 1290. The van der Waals surface area contributed by atoms with E-state index in [1.807, 2.05) is 0 Å². The quantitative estimate of drug-likeness (QED) is 0.322. The van der Waals surface area contributed by atoms with Crippen LogP contribution in [0, 0.1) is 4.91 Å². The predicted molar refractivity (Wildman–Crippen MR) is 99.1 cm³/mol. The lowest BCUT2D eigenvalue weighted by molar-refractivity contribution is -0.136. The third kappa shape index (κ3) is 2.80. The summed E-state index contributed by atoms with van der Waals surface area (Å²) in [6.07, 6.45) is -4.64. The number of hydrogen-bond acceptors (Lipinski definition) is 5. The number of halogens is 3. The Balaban J connectivity index is 2.02. The number of nitroso groups, excluding NO2 is 1. The number of para-hydroxylation sites is 1. The van der Waals surface area contributed by atoms with Crippen LogP contribution in [0.2, 0.25) is 0 Å². The standard InChI is InChI=1S/C19H12F3N3O4/c1-29-18(27)8-5-6-9-12(7-8)23-16(15(9)25-28)13-10-3-2-4-11(19(20,21)22)14(10)24-17(13)26/h2-7,23-24,26H,1H3. The maximum absolute atomic E-state index is 13.3. The molecule has 4 aromatic rings. The van der Waals surface area contributed by atoms with Crippen molar-refractivity contribution in [3.8, 4) is 17.1 Å². The molecule has 0 bridgehead atoms. The molecule has 0 atom stereocenters. The number of aromatic hydroxyl groups is 1. The lowest BCUT2D eigenvalue weighted by atomic mass is 10.0. The van der Waals surface area contributed by atoms with Crippen LogP contribution in [0.25, 0.3) is 33.1 Å². The van der Waals surface area contributed by atoms with Crippen molar-refractivity contribution in [1.82, 2.24) is 9.97 Å². The van der Waals surface area contributed by atoms with Gasteiger partial charge in [0.15, 0.2) is 5.88 Å². The molecular weight excluding hydrogens is 391 g/mol. The van der Waals surface area contributed by atoms with E-state index < -0.39 is 23.6 Å². The second-order valence-corrected chi connectivity index (χ2v) is 6.27. The summed E-state index contributed by atoms with van der Waals surface area (Å²) in [4.78, 5) is 28.4. The van der Waals surface area contributed by atoms with Crippen LogP contribution in [0.5, 0.6) is 5.88 Å². The Labute approximate surface area is 160 Å². The summed E-state index contributed by atoms with van der Waals surface area (Å²) < 4.78 is 44.6. The number of carbonyl (C=O) groups is 1. The molecule has 2 aromatic carbocycles. The Morgan fingerprint density at radius 1 is 1.14 bits per heavy atom. The van der Waals surface area contributed by atoms with Gasteiger partial charge in [0.25, 0.3) is 0 Å². The Kier molecular flexibility index (Phi) is 4.07. The maximum atomic E-state index is 13.3. The number of benzene rings is 2. The van der Waals surface area contributed by atoms with Crippen LogP contribution in [-0.2, 0) is 10.9 Å². The molecule has 4 rings (SSSR count). The highest BCUT2D eigenvalue weighted by molar-refractivity contribution is 6.09. The van der Waals surface area contributed by atoms with Crippen molar-refractivity contribution in [2.75, 3.05) is 7.11 Å². The van der Waals surface area contributed by atoms with Gasteiger partial charge in [0.1, 0.15) is 5.69 Å². The van der Waals surface area contributed by atoms with E-state index in [9.17, 15) is 28.0 Å². The molecule has 0 spiro atoms. The molecule has 3 N–H and O–H groups in total. The lowest BCUT2D eigenvalue weighted by Crippen LogP contribution is -2.05. The Morgan fingerprint density at radius 2 is 1.90 bits per heavy atom. The first kappa shape index (κ1) is 18.5. The van der Waals surface area contributed by atoms with Gasteiger partial charge in [-0.1, -0.05) is 12.1 Å². The molecule has 0 unspecified atom stereocenters. The van der Waals surface area contributed by atoms with Crippen molar-refractivity contribution in [2.45, 2.75) is 6.18 Å². The fourth-order valence-corrected chi connectivity index (χ4v) is 3.40. The highest BCUT2D eigenvalue weighted by Gasteiger charge is 2.34. The Morgan fingerprint density at radius 3 is 2.55 bits per heavy atom. The minimum absolute atomic E-state index is 0.0279. The average molecular weight is 403 g/mol. The van der Waals surface area contributed by atoms with E-state index in [1.54, 1.807) is 0 Å². The molecule has 2 heterocycles. The summed E-state index contributed by atoms with van der Waals surface area (Å²) in [5.74, 6) is -1.16. The van der Waals surface area contributed by atoms with Gasteiger partial charge in [0, 0.05) is 16.3 Å². The smallest absolute Gasteiger partial charge is 0.418 e. The number of H-pyrrole nitrogens is 2. The van der Waals surface area contributed by atoms with E-state index in [-0.39, 0.29) is 33.4 Å². The van der Waals surface area contributed by atoms with Crippen molar-refractivity contribution in [2.24, 2.45) is 5.18 Å². The molecule has 0 fully saturated rings. The van der Waals surface area contributed by atoms with Gasteiger partial charge in [-0.15, -0.1) is 4.91 Å². The second kappa shape index (κ2) is 6.36. The number of nitrogens with zero attached hydrogens (tertiary/aromatic N) is 1. The zero-order chi connectivity index (χ0) is 20.9. The number of nitrogens with one attached hydrogen (secondary N) is 2. The monoisotopic (exact) mass is 403 g/mol. The number of fused-ring (bicyclic) bond motifs is 2. The van der Waals surface area contributed by atoms with Crippen LogP contribution in [0.15, 0.2) is 41.6 Å². The van der Waals surface area contributed by atoms with Crippen LogP contribution >= 0.6 is 0 Å². The maximum Gasteiger partial charge on any atom is 0.418 e. The number of ether oxygens (including phenoxy) is 1. The number of aromatic nitrogens is 2. The van der Waals surface area contributed by atoms with Gasteiger partial charge in [0.2, 0.25) is 0 Å². The molecule has 0 radical (unpaired) electrons. The van der Waals surface area contributed by atoms with E-state index in [1.165, 1.54) is 37.4 Å². The van der Waals surface area contributed by atoms with Crippen molar-refractivity contribution in [3.05, 3.63) is 52.4 Å². The first-order valence-corrected chi connectivity index (χ1v) is 8.25. The minimum atomic E-state index is -4.64. The molecular formula is C19H12F3N3O4. The van der Waals surface area contributed by atoms with Crippen LogP contribution in [0.4, 0.5) is 18.9 Å². The summed E-state index contributed by atoms with van der Waals surface area (Å²) in [6, 6.07) is 7.79. The van der Waals surface area contributed by atoms with Gasteiger partial charge in [-0.2, -0.15) is 13.2 Å². The van der Waals surface area contributed by atoms with Gasteiger partial charge >= 0.3 is 12.1 Å².